The van der Waals surface area contributed by atoms with Crippen molar-refractivity contribution in [2.45, 2.75) is 12.0 Å². The van der Waals surface area contributed by atoms with Gasteiger partial charge in [-0.25, -0.2) is 0 Å². The number of carbonyl (C=O) groups is 1. The average Bonchev–Trinajstić information content (AvgIpc) is 1.79. The zero-order valence-corrected chi connectivity index (χ0v) is 6.24. The van der Waals surface area contributed by atoms with Crippen molar-refractivity contribution >= 4 is 18.0 Å². The van der Waals surface area contributed by atoms with E-state index in [4.69, 9.17) is 4.74 Å². The highest BCUT2D eigenvalue weighted by Gasteiger charge is 2.37. The number of hydrogen-bond acceptors (Lipinski definition) is 3. The molecule has 9 heavy (non-hydrogen) atoms. The molecule has 1 saturated heterocycles. The second-order valence-corrected chi connectivity index (χ2v) is 3.24. The van der Waals surface area contributed by atoms with Crippen LogP contribution in [-0.4, -0.2) is 30.5 Å². The molecular weight excluding hydrogens is 136 g/mol. The molecule has 0 N–H and O–H groups in total. The van der Waals surface area contributed by atoms with E-state index in [1.165, 1.54) is 0 Å². The molecule has 0 bridgehead atoms. The summed E-state index contributed by atoms with van der Waals surface area (Å²) in [4.78, 5) is 10.1. The fraction of sp³-hybridized carbons (Fsp3) is 0.833. The molecule has 0 atom stereocenters. The van der Waals surface area contributed by atoms with Gasteiger partial charge in [0.1, 0.15) is 6.29 Å². The van der Waals surface area contributed by atoms with Gasteiger partial charge in [-0.15, -0.1) is 0 Å². The first-order chi connectivity index (χ1) is 4.33. The predicted octanol–water partition coefficient (Wildman–Crippen LogP) is 0.707. The normalized spacial score (nSPS) is 22.8. The lowest BCUT2D eigenvalue weighted by Crippen LogP contribution is -2.45. The number of thioether (sulfide) groups is 1. The van der Waals surface area contributed by atoms with E-state index in [1.807, 2.05) is 11.8 Å². The Morgan fingerprint density at radius 2 is 2.44 bits per heavy atom. The summed E-state index contributed by atoms with van der Waals surface area (Å²) >= 11 is 1.82. The first-order valence-corrected chi connectivity index (χ1v) is 4.05. The predicted molar refractivity (Wildman–Crippen MR) is 37.7 cm³/mol. The third-order valence-electron chi connectivity index (χ3n) is 1.62. The van der Waals surface area contributed by atoms with Crippen molar-refractivity contribution in [3.05, 3.63) is 0 Å². The highest BCUT2D eigenvalue weighted by molar-refractivity contribution is 8.00. The molecule has 1 rings (SSSR count). The number of rotatable bonds is 3. The summed E-state index contributed by atoms with van der Waals surface area (Å²) in [5, 5.41) is 0. The minimum Gasteiger partial charge on any atom is -0.376 e. The third kappa shape index (κ3) is 1.27. The molecule has 1 heterocycles. The molecule has 0 aliphatic carbocycles. The standard InChI is InChI=1S/C6H10O2S/c1-8-6(2-3-7)4-9-5-6/h3H,2,4-5H2,1H3. The van der Waals surface area contributed by atoms with Gasteiger partial charge in [0.05, 0.1) is 5.60 Å². The Hall–Kier alpha value is -0.0200. The van der Waals surface area contributed by atoms with Gasteiger partial charge in [-0.2, -0.15) is 11.8 Å². The highest BCUT2D eigenvalue weighted by Crippen LogP contribution is 2.34. The minimum absolute atomic E-state index is 0.0909. The van der Waals surface area contributed by atoms with Crippen molar-refractivity contribution in [3.8, 4) is 0 Å². The maximum absolute atomic E-state index is 10.1. The third-order valence-corrected chi connectivity index (χ3v) is 3.08. The molecule has 1 aliphatic heterocycles. The number of aldehydes is 1. The quantitative estimate of drug-likeness (QED) is 0.548. The molecule has 3 heteroatoms. The fourth-order valence-electron chi connectivity index (χ4n) is 0.801. The number of methoxy groups -OCH3 is 1. The fourth-order valence-corrected chi connectivity index (χ4v) is 1.93. The van der Waals surface area contributed by atoms with Gasteiger partial charge in [0.25, 0.3) is 0 Å². The molecule has 0 spiro atoms. The van der Waals surface area contributed by atoms with E-state index in [9.17, 15) is 4.79 Å². The maximum atomic E-state index is 10.1. The summed E-state index contributed by atoms with van der Waals surface area (Å²) in [5.41, 5.74) is -0.0909. The molecule has 2 nitrogen and oxygen atoms in total. The van der Waals surface area contributed by atoms with Crippen LogP contribution >= 0.6 is 11.8 Å². The lowest BCUT2D eigenvalue weighted by atomic mass is 10.1. The lowest BCUT2D eigenvalue weighted by molar-refractivity contribution is -0.112. The Morgan fingerprint density at radius 3 is 2.56 bits per heavy atom. The Labute approximate surface area is 59.0 Å². The van der Waals surface area contributed by atoms with E-state index >= 15 is 0 Å². The van der Waals surface area contributed by atoms with Crippen molar-refractivity contribution in [1.29, 1.82) is 0 Å². The molecule has 1 fully saturated rings. The summed E-state index contributed by atoms with van der Waals surface area (Å²) in [6.07, 6.45) is 1.49. The SMILES string of the molecule is COC1(CC=O)CSC1. The Balaban J connectivity index is 2.36. The first kappa shape index (κ1) is 7.09. The van der Waals surface area contributed by atoms with E-state index in [1.54, 1.807) is 7.11 Å². The Kier molecular flexibility index (Phi) is 2.13. The van der Waals surface area contributed by atoms with Gasteiger partial charge in [-0.3, -0.25) is 0 Å². The number of ether oxygens (including phenoxy) is 1. The smallest absolute Gasteiger partial charge is 0.122 e. The van der Waals surface area contributed by atoms with Crippen LogP contribution in [0.4, 0.5) is 0 Å². The van der Waals surface area contributed by atoms with Crippen molar-refractivity contribution in [2.75, 3.05) is 18.6 Å². The van der Waals surface area contributed by atoms with Crippen LogP contribution in [0.25, 0.3) is 0 Å². The lowest BCUT2D eigenvalue weighted by Gasteiger charge is -2.38. The van der Waals surface area contributed by atoms with E-state index in [0.29, 0.717) is 6.42 Å². The topological polar surface area (TPSA) is 26.3 Å². The van der Waals surface area contributed by atoms with Gasteiger partial charge in [-0.1, -0.05) is 0 Å². The monoisotopic (exact) mass is 146 g/mol. The molecule has 0 radical (unpaired) electrons. The summed E-state index contributed by atoms with van der Waals surface area (Å²) in [6, 6.07) is 0. The van der Waals surface area contributed by atoms with E-state index in [-0.39, 0.29) is 5.60 Å². The van der Waals surface area contributed by atoms with E-state index in [2.05, 4.69) is 0 Å². The van der Waals surface area contributed by atoms with Gasteiger partial charge in [0.15, 0.2) is 0 Å². The summed E-state index contributed by atoms with van der Waals surface area (Å²) in [6.45, 7) is 0. The second-order valence-electron chi connectivity index (χ2n) is 2.25. The molecule has 0 unspecified atom stereocenters. The molecular formula is C6H10O2S. The van der Waals surface area contributed by atoms with Gasteiger partial charge >= 0.3 is 0 Å². The Bertz CT molecular complexity index is 104. The summed E-state index contributed by atoms with van der Waals surface area (Å²) < 4.78 is 5.16. The molecule has 0 amide bonds. The van der Waals surface area contributed by atoms with Crippen LogP contribution < -0.4 is 0 Å². The molecule has 0 aromatic carbocycles. The van der Waals surface area contributed by atoms with E-state index < -0.39 is 0 Å². The van der Waals surface area contributed by atoms with Crippen molar-refractivity contribution in [2.24, 2.45) is 0 Å². The largest absolute Gasteiger partial charge is 0.376 e. The average molecular weight is 146 g/mol. The first-order valence-electron chi connectivity index (χ1n) is 2.89. The molecule has 52 valence electrons. The zero-order chi connectivity index (χ0) is 6.74. The van der Waals surface area contributed by atoms with Gasteiger partial charge in [-0.05, 0) is 0 Å². The second kappa shape index (κ2) is 2.71. The van der Waals surface area contributed by atoms with Crippen LogP contribution in [0.3, 0.4) is 0 Å². The molecule has 0 saturated carbocycles. The Morgan fingerprint density at radius 1 is 1.78 bits per heavy atom. The summed E-state index contributed by atoms with van der Waals surface area (Å²) in [5.74, 6) is 1.95. The highest BCUT2D eigenvalue weighted by atomic mass is 32.2. The van der Waals surface area contributed by atoms with Gasteiger partial charge in [0, 0.05) is 25.0 Å². The van der Waals surface area contributed by atoms with Crippen molar-refractivity contribution < 1.29 is 9.53 Å². The molecule has 0 aromatic heterocycles. The van der Waals surface area contributed by atoms with Crippen LogP contribution in [0.2, 0.25) is 0 Å². The van der Waals surface area contributed by atoms with Crippen LogP contribution in [0.15, 0.2) is 0 Å². The summed E-state index contributed by atoms with van der Waals surface area (Å²) in [7, 11) is 1.67. The number of hydrogen-bond donors (Lipinski definition) is 0. The minimum atomic E-state index is -0.0909. The van der Waals surface area contributed by atoms with Crippen molar-refractivity contribution in [1.82, 2.24) is 0 Å². The van der Waals surface area contributed by atoms with Crippen molar-refractivity contribution in [3.63, 3.8) is 0 Å². The van der Waals surface area contributed by atoms with Crippen LogP contribution in [0, 0.1) is 0 Å². The molecule has 0 aromatic rings. The van der Waals surface area contributed by atoms with Gasteiger partial charge < -0.3 is 9.53 Å². The van der Waals surface area contributed by atoms with Crippen LogP contribution in [0.5, 0.6) is 0 Å². The van der Waals surface area contributed by atoms with Crippen LogP contribution in [0.1, 0.15) is 6.42 Å². The van der Waals surface area contributed by atoms with Gasteiger partial charge in [0.2, 0.25) is 0 Å². The molecule has 1 aliphatic rings. The van der Waals surface area contributed by atoms with E-state index in [0.717, 1.165) is 17.8 Å². The van der Waals surface area contributed by atoms with Crippen LogP contribution in [-0.2, 0) is 9.53 Å². The number of carbonyl (C=O) groups excluding carboxylic acids is 1. The zero-order valence-electron chi connectivity index (χ0n) is 5.42. The maximum Gasteiger partial charge on any atom is 0.122 e.